The zero-order valence-electron chi connectivity index (χ0n) is 22.8. The molecule has 206 valence electrons. The van der Waals surface area contributed by atoms with Crippen molar-refractivity contribution in [1.82, 2.24) is 20.1 Å². The number of nitrogens with zero attached hydrogens (tertiary/aromatic N) is 3. The molecule has 0 bridgehead atoms. The Bertz CT molecular complexity index is 1400. The van der Waals surface area contributed by atoms with Gasteiger partial charge in [-0.3, -0.25) is 9.59 Å². The molecule has 1 aliphatic carbocycles. The van der Waals surface area contributed by atoms with Crippen molar-refractivity contribution in [3.05, 3.63) is 87.9 Å². The molecule has 1 unspecified atom stereocenters. The number of hydrogen-bond acceptors (Lipinski definition) is 6. The molecule has 10 heteroatoms. The summed E-state index contributed by atoms with van der Waals surface area (Å²) in [7, 11) is -1.22. The second-order valence-electron chi connectivity index (χ2n) is 9.73. The zero-order chi connectivity index (χ0) is 28.7. The number of carbonyl (C=O) groups excluding carboxylic acids is 2. The lowest BCUT2D eigenvalue weighted by atomic mass is 9.98. The van der Waals surface area contributed by atoms with Gasteiger partial charge in [0.25, 0.3) is 11.8 Å². The topological polar surface area (TPSA) is 126 Å². The molecule has 5 rings (SSSR count). The summed E-state index contributed by atoms with van der Waals surface area (Å²) in [5.74, 6) is -0.278. The summed E-state index contributed by atoms with van der Waals surface area (Å²) in [6.45, 7) is 10.3. The van der Waals surface area contributed by atoms with Crippen LogP contribution in [-0.4, -0.2) is 79.7 Å². The number of benzene rings is 1. The van der Waals surface area contributed by atoms with E-state index in [1.54, 1.807) is 18.2 Å². The third-order valence-corrected chi connectivity index (χ3v) is 8.39. The van der Waals surface area contributed by atoms with Gasteiger partial charge in [0.05, 0.1) is 16.4 Å². The molecule has 9 nitrogen and oxygen atoms in total. The van der Waals surface area contributed by atoms with E-state index in [1.165, 1.54) is 6.26 Å². The lowest BCUT2D eigenvalue weighted by Gasteiger charge is -2.32. The van der Waals surface area contributed by atoms with Crippen molar-refractivity contribution in [3.63, 3.8) is 0 Å². The average Bonchev–Trinajstić information content (AvgIpc) is 3.39. The minimum Gasteiger partial charge on any atom is -0.358 e. The fourth-order valence-corrected chi connectivity index (χ4v) is 5.56. The van der Waals surface area contributed by atoms with Gasteiger partial charge >= 0.3 is 0 Å². The standard InChI is InChI=1S/C22H28N4O4S.C6H6.CHN/c1-13-19(23-14(2)20(13)22(28)26-9-7-25(3)8-10-26)12-17-16-11-15(31(4,29)30)5-6-18(16)24-21(17)27;1-2-4-6-5-3-1;1-2/h6,11-12,15,23H,5,7-10H2,1-4H3,(H,24,27);1-6H;1H. The molecule has 2 aromatic rings. The number of hydrogen-bond donors (Lipinski definition) is 2. The second kappa shape index (κ2) is 12.7. The Hall–Kier alpha value is -3.94. The van der Waals surface area contributed by atoms with Crippen molar-refractivity contribution in [2.45, 2.75) is 25.5 Å². The van der Waals surface area contributed by atoms with Crippen molar-refractivity contribution in [3.8, 4) is 6.57 Å². The van der Waals surface area contributed by atoms with Crippen LogP contribution in [-0.2, 0) is 14.6 Å². The SMILES string of the molecule is C#N.Cc1[nH]c(C=C2C(=O)NC3=CCC(S(C)(=O)=O)C=C32)c(C)c1C(=O)N1CCN(C)CC1.c1ccccc1. The normalized spacial score (nSPS) is 19.9. The molecular formula is C29H35N5O4S. The number of piperazine rings is 1. The number of H-pyrrole nitrogens is 1. The van der Waals surface area contributed by atoms with Crippen LogP contribution in [0.4, 0.5) is 0 Å². The molecule has 3 aliphatic rings. The first-order chi connectivity index (χ1) is 18.6. The highest BCUT2D eigenvalue weighted by Crippen LogP contribution is 2.34. The third kappa shape index (κ3) is 6.93. The number of nitrogens with one attached hydrogen (secondary N) is 2. The number of aromatic nitrogens is 1. The Balaban J connectivity index is 0.000000457. The Morgan fingerprint density at radius 2 is 1.62 bits per heavy atom. The highest BCUT2D eigenvalue weighted by molar-refractivity contribution is 7.91. The number of carbonyl (C=O) groups is 2. The van der Waals surface area contributed by atoms with Crippen LogP contribution in [0.3, 0.4) is 0 Å². The van der Waals surface area contributed by atoms with Gasteiger partial charge in [-0.05, 0) is 39.0 Å². The van der Waals surface area contributed by atoms with E-state index in [0.717, 1.165) is 24.3 Å². The Morgan fingerprint density at radius 3 is 2.15 bits per heavy atom. The number of rotatable bonds is 3. The van der Waals surface area contributed by atoms with Crippen LogP contribution >= 0.6 is 0 Å². The average molecular weight is 550 g/mol. The van der Waals surface area contributed by atoms with Gasteiger partial charge in [0.2, 0.25) is 0 Å². The third-order valence-electron chi connectivity index (χ3n) is 6.97. The van der Waals surface area contributed by atoms with Gasteiger partial charge in [-0.15, -0.1) is 0 Å². The van der Waals surface area contributed by atoms with E-state index in [1.807, 2.05) is 62.2 Å². The lowest BCUT2D eigenvalue weighted by molar-refractivity contribution is -0.115. The fraction of sp³-hybridized carbons (Fsp3) is 0.345. The summed E-state index contributed by atoms with van der Waals surface area (Å²) in [6, 6.07) is 12.0. The number of aryl methyl sites for hydroxylation is 1. The van der Waals surface area contributed by atoms with E-state index >= 15 is 0 Å². The quantitative estimate of drug-likeness (QED) is 0.567. The number of nitriles is 1. The van der Waals surface area contributed by atoms with Crippen LogP contribution in [0.15, 0.2) is 65.4 Å². The number of amides is 2. The van der Waals surface area contributed by atoms with E-state index in [9.17, 15) is 18.0 Å². The Kier molecular flexibility index (Phi) is 9.67. The van der Waals surface area contributed by atoms with Crippen LogP contribution in [0.1, 0.15) is 33.7 Å². The van der Waals surface area contributed by atoms with Crippen LogP contribution in [0, 0.1) is 25.7 Å². The molecule has 2 saturated heterocycles. The van der Waals surface area contributed by atoms with Gasteiger partial charge in [-0.2, -0.15) is 0 Å². The number of allylic oxidation sites excluding steroid dienone is 2. The van der Waals surface area contributed by atoms with Gasteiger partial charge in [0, 0.05) is 61.7 Å². The molecule has 2 aliphatic heterocycles. The minimum absolute atomic E-state index is 0.00511. The van der Waals surface area contributed by atoms with Crippen molar-refractivity contribution >= 4 is 27.7 Å². The molecule has 2 fully saturated rings. The molecule has 0 radical (unpaired) electrons. The highest BCUT2D eigenvalue weighted by atomic mass is 32.2. The van der Waals surface area contributed by atoms with E-state index in [0.29, 0.717) is 47.6 Å². The molecule has 0 spiro atoms. The van der Waals surface area contributed by atoms with Gasteiger partial charge in [0.15, 0.2) is 9.84 Å². The Morgan fingerprint density at radius 1 is 1.05 bits per heavy atom. The maximum atomic E-state index is 13.1. The van der Waals surface area contributed by atoms with Crippen LogP contribution in [0.5, 0.6) is 0 Å². The van der Waals surface area contributed by atoms with Gasteiger partial charge in [-0.1, -0.05) is 48.6 Å². The molecule has 3 heterocycles. The molecule has 1 aromatic heterocycles. The smallest absolute Gasteiger partial charge is 0.256 e. The van der Waals surface area contributed by atoms with Crippen LogP contribution in [0.25, 0.3) is 6.08 Å². The van der Waals surface area contributed by atoms with Crippen LogP contribution in [0.2, 0.25) is 0 Å². The summed E-state index contributed by atoms with van der Waals surface area (Å²) in [5, 5.41) is 8.66. The van der Waals surface area contributed by atoms with E-state index in [2.05, 4.69) is 21.8 Å². The second-order valence-corrected chi connectivity index (χ2v) is 12.0. The summed E-state index contributed by atoms with van der Waals surface area (Å²) in [6.07, 6.45) is 6.67. The van der Waals surface area contributed by atoms with Crippen LogP contribution < -0.4 is 5.32 Å². The maximum Gasteiger partial charge on any atom is 0.256 e. The summed E-state index contributed by atoms with van der Waals surface area (Å²) < 4.78 is 24.0. The molecule has 0 saturated carbocycles. The lowest BCUT2D eigenvalue weighted by Crippen LogP contribution is -2.47. The highest BCUT2D eigenvalue weighted by Gasteiger charge is 2.33. The largest absolute Gasteiger partial charge is 0.358 e. The fourth-order valence-electron chi connectivity index (χ4n) is 4.73. The first-order valence-electron chi connectivity index (χ1n) is 12.6. The first kappa shape index (κ1) is 29.6. The minimum atomic E-state index is -3.27. The van der Waals surface area contributed by atoms with Crippen molar-refractivity contribution in [2.75, 3.05) is 39.5 Å². The summed E-state index contributed by atoms with van der Waals surface area (Å²) in [4.78, 5) is 33.1. The number of fused-ring (bicyclic) bond motifs is 1. The van der Waals surface area contributed by atoms with Crippen molar-refractivity contribution in [1.29, 1.82) is 5.26 Å². The van der Waals surface area contributed by atoms with Crippen molar-refractivity contribution < 1.29 is 18.0 Å². The van der Waals surface area contributed by atoms with Gasteiger partial charge < -0.3 is 20.1 Å². The predicted octanol–water partition coefficient (Wildman–Crippen LogP) is 2.99. The first-order valence-corrected chi connectivity index (χ1v) is 14.6. The molecule has 39 heavy (non-hydrogen) atoms. The monoisotopic (exact) mass is 549 g/mol. The molecule has 2 N–H and O–H groups in total. The van der Waals surface area contributed by atoms with E-state index < -0.39 is 15.1 Å². The van der Waals surface area contributed by atoms with E-state index in [-0.39, 0.29) is 11.8 Å². The summed E-state index contributed by atoms with van der Waals surface area (Å²) >= 11 is 0. The predicted molar refractivity (Wildman–Crippen MR) is 152 cm³/mol. The Labute approximate surface area is 230 Å². The maximum absolute atomic E-state index is 13.1. The zero-order valence-corrected chi connectivity index (χ0v) is 23.6. The summed E-state index contributed by atoms with van der Waals surface area (Å²) in [5.41, 5.74) is 4.52. The number of aromatic amines is 1. The molecule has 1 aromatic carbocycles. The van der Waals surface area contributed by atoms with Gasteiger partial charge in [-0.25, -0.2) is 13.7 Å². The van der Waals surface area contributed by atoms with E-state index in [4.69, 9.17) is 5.26 Å². The molecular weight excluding hydrogens is 514 g/mol. The number of likely N-dealkylation sites (N-methyl/N-ethyl adjacent to an activating group) is 1. The van der Waals surface area contributed by atoms with Gasteiger partial charge in [0.1, 0.15) is 0 Å². The molecule has 2 amide bonds. The van der Waals surface area contributed by atoms with Crippen molar-refractivity contribution in [2.24, 2.45) is 0 Å². The number of sulfone groups is 1. The molecule has 1 atom stereocenters.